The van der Waals surface area contributed by atoms with Crippen molar-refractivity contribution in [2.75, 3.05) is 0 Å². The largest absolute Gasteiger partial charge is 0.457 e. The van der Waals surface area contributed by atoms with E-state index in [1.54, 1.807) is 12.1 Å². The van der Waals surface area contributed by atoms with E-state index in [0.29, 0.717) is 5.75 Å². The Morgan fingerprint density at radius 2 is 1.27 bits per heavy atom. The van der Waals surface area contributed by atoms with Gasteiger partial charge < -0.3 is 4.74 Å². The van der Waals surface area contributed by atoms with Gasteiger partial charge in [-0.2, -0.15) is 9.90 Å². The summed E-state index contributed by atoms with van der Waals surface area (Å²) < 4.78 is 18.0. The maximum Gasteiger partial charge on any atom is 0.127 e. The van der Waals surface area contributed by atoms with Crippen molar-refractivity contribution in [1.82, 2.24) is 0 Å². The predicted octanol–water partition coefficient (Wildman–Crippen LogP) is 3.68. The fourth-order valence-electron chi connectivity index (χ4n) is 1.13. The molecule has 0 aliphatic carbocycles. The van der Waals surface area contributed by atoms with Crippen LogP contribution in [-0.2, 0) is 0 Å². The lowest BCUT2D eigenvalue weighted by Gasteiger charge is -2.04. The zero-order valence-corrected chi connectivity index (χ0v) is 9.60. The van der Waals surface area contributed by atoms with Crippen LogP contribution in [0.4, 0.5) is 4.39 Å². The van der Waals surface area contributed by atoms with Gasteiger partial charge in [0.15, 0.2) is 0 Å². The third-order valence-electron chi connectivity index (χ3n) is 1.79. The molecule has 2 aromatic carbocycles. The molecule has 0 radical (unpaired) electrons. The number of halogens is 1. The van der Waals surface area contributed by atoms with Crippen LogP contribution in [-0.4, -0.2) is 0 Å². The van der Waals surface area contributed by atoms with E-state index in [1.165, 1.54) is 12.1 Å². The van der Waals surface area contributed by atoms with Crippen molar-refractivity contribution in [2.24, 2.45) is 0 Å². The van der Waals surface area contributed by atoms with Crippen molar-refractivity contribution in [3.05, 3.63) is 60.4 Å². The van der Waals surface area contributed by atoms with Crippen LogP contribution in [0.25, 0.3) is 0 Å². The molecule has 0 amide bonds. The summed E-state index contributed by atoms with van der Waals surface area (Å²) in [5.41, 5.74) is 0. The molecule has 0 aromatic heterocycles. The lowest BCUT2D eigenvalue weighted by molar-refractivity contribution is 0.480. The predicted molar refractivity (Wildman–Crippen MR) is 64.0 cm³/mol. The summed E-state index contributed by atoms with van der Waals surface area (Å²) in [6.45, 7) is 0. The molecule has 0 heterocycles. The molecule has 3 heteroatoms. The highest BCUT2D eigenvalue weighted by Crippen LogP contribution is 2.20. The molecule has 2 aromatic rings. The molecular weight excluding hydrogens is 210 g/mol. The monoisotopic (exact) mass is 222 g/mol. The zero-order valence-electron chi connectivity index (χ0n) is 8.19. The molecule has 0 spiro atoms. The number of para-hydroxylation sites is 1. The Balaban J connectivity index is 0.00000112. The summed E-state index contributed by atoms with van der Waals surface area (Å²) in [6, 6.07) is 15.3. The van der Waals surface area contributed by atoms with Gasteiger partial charge in [-0.25, -0.2) is 4.39 Å². The van der Waals surface area contributed by atoms with E-state index in [2.05, 4.69) is 0 Å². The Hall–Kier alpha value is -1.40. The van der Waals surface area contributed by atoms with Crippen LogP contribution in [0.2, 0.25) is 0 Å². The minimum absolute atomic E-state index is 0. The SMILES string of the molecule is Fc1ccc(Oc2ccccc2)cc1.P. The summed E-state index contributed by atoms with van der Waals surface area (Å²) in [5, 5.41) is 0. The van der Waals surface area contributed by atoms with Crippen molar-refractivity contribution < 1.29 is 9.13 Å². The Morgan fingerprint density at radius 1 is 0.733 bits per heavy atom. The van der Waals surface area contributed by atoms with Gasteiger partial charge >= 0.3 is 0 Å². The smallest absolute Gasteiger partial charge is 0.127 e. The molecular formula is C12H12FOP. The van der Waals surface area contributed by atoms with Gasteiger partial charge in [-0.15, -0.1) is 0 Å². The number of hydrogen-bond acceptors (Lipinski definition) is 1. The first-order valence-corrected chi connectivity index (χ1v) is 4.33. The van der Waals surface area contributed by atoms with Gasteiger partial charge in [0.05, 0.1) is 0 Å². The van der Waals surface area contributed by atoms with Crippen LogP contribution in [0.15, 0.2) is 54.6 Å². The van der Waals surface area contributed by atoms with Crippen LogP contribution < -0.4 is 4.74 Å². The second-order valence-corrected chi connectivity index (χ2v) is 2.87. The average molecular weight is 222 g/mol. The molecule has 1 atom stereocenters. The normalized spacial score (nSPS) is 9.13. The number of hydrogen-bond donors (Lipinski definition) is 0. The lowest BCUT2D eigenvalue weighted by Crippen LogP contribution is -1.83. The van der Waals surface area contributed by atoms with Crippen molar-refractivity contribution in [2.45, 2.75) is 0 Å². The Labute approximate surface area is 91.5 Å². The van der Waals surface area contributed by atoms with Gasteiger partial charge in [-0.3, -0.25) is 0 Å². The van der Waals surface area contributed by atoms with Crippen LogP contribution in [0.3, 0.4) is 0 Å². The van der Waals surface area contributed by atoms with E-state index in [1.807, 2.05) is 30.3 Å². The van der Waals surface area contributed by atoms with E-state index < -0.39 is 0 Å². The third kappa shape index (κ3) is 3.34. The molecule has 15 heavy (non-hydrogen) atoms. The van der Waals surface area contributed by atoms with Crippen molar-refractivity contribution in [1.29, 1.82) is 0 Å². The first-order valence-electron chi connectivity index (χ1n) is 4.33. The molecule has 0 saturated carbocycles. The fraction of sp³-hybridized carbons (Fsp3) is 0. The number of benzene rings is 2. The topological polar surface area (TPSA) is 9.23 Å². The van der Waals surface area contributed by atoms with Gasteiger partial charge in [0, 0.05) is 0 Å². The fourth-order valence-corrected chi connectivity index (χ4v) is 1.13. The highest BCUT2D eigenvalue weighted by molar-refractivity contribution is 6.92. The quantitative estimate of drug-likeness (QED) is 0.704. The standard InChI is InChI=1S/C12H9FO.H3P/c13-10-6-8-12(9-7-10)14-11-4-2-1-3-5-11;/h1-9H;1H3. The Kier molecular flexibility index (Phi) is 4.26. The minimum atomic E-state index is -0.259. The van der Waals surface area contributed by atoms with E-state index in [4.69, 9.17) is 4.74 Å². The zero-order chi connectivity index (χ0) is 9.80. The van der Waals surface area contributed by atoms with Crippen LogP contribution in [0.5, 0.6) is 11.5 Å². The van der Waals surface area contributed by atoms with Crippen molar-refractivity contribution >= 4 is 9.90 Å². The molecule has 1 nitrogen and oxygen atoms in total. The summed E-state index contributed by atoms with van der Waals surface area (Å²) in [6.07, 6.45) is 0. The second kappa shape index (κ2) is 5.47. The summed E-state index contributed by atoms with van der Waals surface area (Å²) in [4.78, 5) is 0. The van der Waals surface area contributed by atoms with E-state index >= 15 is 0 Å². The first kappa shape index (κ1) is 11.7. The Morgan fingerprint density at radius 3 is 1.87 bits per heavy atom. The highest BCUT2D eigenvalue weighted by Gasteiger charge is 1.95. The molecule has 78 valence electrons. The molecule has 0 saturated heterocycles. The number of rotatable bonds is 2. The van der Waals surface area contributed by atoms with Gasteiger partial charge in [-0.05, 0) is 36.4 Å². The van der Waals surface area contributed by atoms with Crippen LogP contribution >= 0.6 is 9.90 Å². The average Bonchev–Trinajstić information content (AvgIpc) is 2.23. The highest BCUT2D eigenvalue weighted by atomic mass is 31.0. The van der Waals surface area contributed by atoms with Crippen molar-refractivity contribution in [3.8, 4) is 11.5 Å². The number of ether oxygens (including phenoxy) is 1. The molecule has 0 N–H and O–H groups in total. The summed E-state index contributed by atoms with van der Waals surface area (Å²) in [5.74, 6) is 1.13. The van der Waals surface area contributed by atoms with Crippen LogP contribution in [0, 0.1) is 5.82 Å². The Bertz CT molecular complexity index is 400. The van der Waals surface area contributed by atoms with Gasteiger partial charge in [0.25, 0.3) is 0 Å². The molecule has 0 aliphatic heterocycles. The minimum Gasteiger partial charge on any atom is -0.457 e. The first-order chi connectivity index (χ1) is 6.84. The maximum atomic E-state index is 12.6. The molecule has 0 bridgehead atoms. The maximum absolute atomic E-state index is 12.6. The van der Waals surface area contributed by atoms with E-state index in [0.717, 1.165) is 5.75 Å². The molecule has 0 aliphatic rings. The molecule has 1 unspecified atom stereocenters. The van der Waals surface area contributed by atoms with E-state index in [-0.39, 0.29) is 15.7 Å². The lowest BCUT2D eigenvalue weighted by atomic mass is 10.3. The van der Waals surface area contributed by atoms with Crippen LogP contribution in [0.1, 0.15) is 0 Å². The van der Waals surface area contributed by atoms with Gasteiger partial charge in [-0.1, -0.05) is 18.2 Å². The molecule has 0 fully saturated rings. The summed E-state index contributed by atoms with van der Waals surface area (Å²) >= 11 is 0. The second-order valence-electron chi connectivity index (χ2n) is 2.87. The van der Waals surface area contributed by atoms with Crippen molar-refractivity contribution in [3.63, 3.8) is 0 Å². The third-order valence-corrected chi connectivity index (χ3v) is 1.79. The molecule has 2 rings (SSSR count). The van der Waals surface area contributed by atoms with Gasteiger partial charge in [0.1, 0.15) is 17.3 Å². The van der Waals surface area contributed by atoms with E-state index in [9.17, 15) is 4.39 Å². The summed E-state index contributed by atoms with van der Waals surface area (Å²) in [7, 11) is 0. The van der Waals surface area contributed by atoms with Gasteiger partial charge in [0.2, 0.25) is 0 Å².